The lowest BCUT2D eigenvalue weighted by Gasteiger charge is -2.19. The zero-order valence-electron chi connectivity index (χ0n) is 14.9. The van der Waals surface area contributed by atoms with E-state index in [2.05, 4.69) is 16.4 Å². The highest BCUT2D eigenvalue weighted by atomic mass is 16.2. The van der Waals surface area contributed by atoms with Crippen molar-refractivity contribution in [2.75, 3.05) is 13.1 Å². The Kier molecular flexibility index (Phi) is 6.18. The third kappa shape index (κ3) is 4.00. The van der Waals surface area contributed by atoms with E-state index < -0.39 is 0 Å². The third-order valence-electron chi connectivity index (χ3n) is 4.20. The number of nitrogens with zero attached hydrogens (tertiary/aromatic N) is 2. The number of hydrogen-bond acceptors (Lipinski definition) is 3. The van der Waals surface area contributed by atoms with E-state index >= 15 is 0 Å². The number of nitrogens with one attached hydrogen (secondary N) is 2. The normalized spacial score (nSPS) is 16.1. The number of hydrogen-bond donors (Lipinski definition) is 2. The molecular weight excluding hydrogens is 316 g/mol. The molecule has 2 aromatic rings. The van der Waals surface area contributed by atoms with Crippen molar-refractivity contribution in [3.63, 3.8) is 0 Å². The van der Waals surface area contributed by atoms with Gasteiger partial charge in [0.05, 0.1) is 18.2 Å². The number of nitriles is 1. The smallest absolute Gasteiger partial charge is 0.253 e. The Labute approximate surface area is 147 Å². The van der Waals surface area contributed by atoms with E-state index in [1.807, 2.05) is 39.0 Å². The maximum atomic E-state index is 12.3. The van der Waals surface area contributed by atoms with Crippen LogP contribution in [0.2, 0.25) is 0 Å². The Bertz CT molecular complexity index is 803. The number of fused-ring (bicyclic) bond motifs is 1. The predicted molar refractivity (Wildman–Crippen MR) is 97.1 cm³/mol. The lowest BCUT2D eigenvalue weighted by molar-refractivity contribution is -0.130. The van der Waals surface area contributed by atoms with Crippen LogP contribution in [0.15, 0.2) is 24.4 Å². The van der Waals surface area contributed by atoms with Crippen LogP contribution in [0.4, 0.5) is 0 Å². The van der Waals surface area contributed by atoms with Crippen LogP contribution >= 0.6 is 0 Å². The highest BCUT2D eigenvalue weighted by molar-refractivity contribution is 6.07. The molecule has 6 heteroatoms. The molecule has 0 spiro atoms. The zero-order chi connectivity index (χ0) is 18.4. The van der Waals surface area contributed by atoms with E-state index in [0.717, 1.165) is 22.9 Å². The molecule has 2 amide bonds. The number of carbonyl (C=O) groups excluding carboxylic acids is 2. The average Bonchev–Trinajstić information content (AvgIpc) is 3.27. The van der Waals surface area contributed by atoms with Gasteiger partial charge in [0.15, 0.2) is 0 Å². The molecule has 3 rings (SSSR count). The van der Waals surface area contributed by atoms with Gasteiger partial charge in [-0.2, -0.15) is 5.26 Å². The summed E-state index contributed by atoms with van der Waals surface area (Å²) in [5.74, 6) is -0.499. The first-order chi connectivity index (χ1) is 12.1. The number of rotatable bonds is 3. The summed E-state index contributed by atoms with van der Waals surface area (Å²) in [4.78, 5) is 29.1. The van der Waals surface area contributed by atoms with Gasteiger partial charge in [0.1, 0.15) is 6.04 Å². The quantitative estimate of drug-likeness (QED) is 0.900. The first-order valence-electron chi connectivity index (χ1n) is 8.65. The molecule has 1 unspecified atom stereocenters. The molecule has 0 aliphatic carbocycles. The number of H-pyrrole nitrogens is 1. The Morgan fingerprint density at radius 2 is 2.16 bits per heavy atom. The van der Waals surface area contributed by atoms with Gasteiger partial charge in [0, 0.05) is 23.6 Å². The number of aromatic amines is 1. The van der Waals surface area contributed by atoms with Gasteiger partial charge >= 0.3 is 0 Å². The minimum absolute atomic E-state index is 0.0878. The molecule has 25 heavy (non-hydrogen) atoms. The molecule has 1 saturated heterocycles. The van der Waals surface area contributed by atoms with Crippen LogP contribution in [0.3, 0.4) is 0 Å². The fourth-order valence-corrected chi connectivity index (χ4v) is 2.97. The minimum atomic E-state index is -0.366. The fourth-order valence-electron chi connectivity index (χ4n) is 2.97. The van der Waals surface area contributed by atoms with Crippen LogP contribution < -0.4 is 5.32 Å². The van der Waals surface area contributed by atoms with Crippen LogP contribution in [-0.2, 0) is 4.79 Å². The molecule has 6 nitrogen and oxygen atoms in total. The molecule has 0 bridgehead atoms. The summed E-state index contributed by atoms with van der Waals surface area (Å²) in [6.45, 7) is 6.46. The summed E-state index contributed by atoms with van der Waals surface area (Å²) in [6, 6.07) is 7.60. The molecule has 1 aliphatic rings. The van der Waals surface area contributed by atoms with Gasteiger partial charge in [-0.3, -0.25) is 9.59 Å². The molecule has 2 heterocycles. The van der Waals surface area contributed by atoms with E-state index in [0.29, 0.717) is 18.5 Å². The third-order valence-corrected chi connectivity index (χ3v) is 4.20. The largest absolute Gasteiger partial charge is 0.360 e. The molecule has 1 aliphatic heterocycles. The average molecular weight is 340 g/mol. The monoisotopic (exact) mass is 340 g/mol. The summed E-state index contributed by atoms with van der Waals surface area (Å²) >= 11 is 0. The van der Waals surface area contributed by atoms with Gasteiger partial charge < -0.3 is 15.2 Å². The highest BCUT2D eigenvalue weighted by Crippen LogP contribution is 2.20. The highest BCUT2D eigenvalue weighted by Gasteiger charge is 2.28. The van der Waals surface area contributed by atoms with Crippen LogP contribution in [0.25, 0.3) is 10.9 Å². The van der Waals surface area contributed by atoms with Gasteiger partial charge in [-0.05, 0) is 31.9 Å². The van der Waals surface area contributed by atoms with Crippen molar-refractivity contribution in [3.8, 4) is 6.07 Å². The van der Waals surface area contributed by atoms with Crippen molar-refractivity contribution in [1.82, 2.24) is 15.2 Å². The van der Waals surface area contributed by atoms with Gasteiger partial charge in [0.25, 0.3) is 5.91 Å². The van der Waals surface area contributed by atoms with Gasteiger partial charge in [-0.1, -0.05) is 25.5 Å². The maximum absolute atomic E-state index is 12.3. The van der Waals surface area contributed by atoms with Gasteiger partial charge in [0.2, 0.25) is 5.91 Å². The van der Waals surface area contributed by atoms with Gasteiger partial charge in [-0.25, -0.2) is 0 Å². The number of aryl methyl sites for hydroxylation is 1. The summed E-state index contributed by atoms with van der Waals surface area (Å²) in [5, 5.41) is 12.5. The SMILES string of the molecule is CC.Cc1ccc2[nH]cc(C(=O)NCC(=O)N3CCCC3C#N)c2c1. The molecule has 0 saturated carbocycles. The van der Waals surface area contributed by atoms with Crippen LogP contribution in [0, 0.1) is 18.3 Å². The summed E-state index contributed by atoms with van der Waals surface area (Å²) in [7, 11) is 0. The molecule has 1 fully saturated rings. The number of amides is 2. The topological polar surface area (TPSA) is 89.0 Å². The van der Waals surface area contributed by atoms with E-state index in [4.69, 9.17) is 5.26 Å². The second kappa shape index (κ2) is 8.34. The molecular formula is C19H24N4O2. The van der Waals surface area contributed by atoms with Crippen LogP contribution in [0.1, 0.15) is 42.6 Å². The number of likely N-dealkylation sites (tertiary alicyclic amines) is 1. The van der Waals surface area contributed by atoms with E-state index in [-0.39, 0.29) is 24.4 Å². The van der Waals surface area contributed by atoms with Crippen LogP contribution in [0.5, 0.6) is 0 Å². The first-order valence-corrected chi connectivity index (χ1v) is 8.65. The number of aromatic nitrogens is 1. The lowest BCUT2D eigenvalue weighted by Crippen LogP contribution is -2.42. The van der Waals surface area contributed by atoms with Gasteiger partial charge in [-0.15, -0.1) is 0 Å². The van der Waals surface area contributed by atoms with Crippen molar-refractivity contribution in [2.45, 2.75) is 39.7 Å². The Hall–Kier alpha value is -2.81. The number of carbonyl (C=O) groups is 2. The Morgan fingerprint density at radius 3 is 2.88 bits per heavy atom. The molecule has 1 aromatic heterocycles. The van der Waals surface area contributed by atoms with E-state index in [9.17, 15) is 9.59 Å². The summed E-state index contributed by atoms with van der Waals surface area (Å²) in [5.41, 5.74) is 2.47. The molecule has 2 N–H and O–H groups in total. The van der Waals surface area contributed by atoms with Crippen molar-refractivity contribution in [2.24, 2.45) is 0 Å². The van der Waals surface area contributed by atoms with Crippen molar-refractivity contribution in [3.05, 3.63) is 35.5 Å². The second-order valence-corrected chi connectivity index (χ2v) is 5.81. The predicted octanol–water partition coefficient (Wildman–Crippen LogP) is 2.75. The molecule has 0 radical (unpaired) electrons. The Balaban J connectivity index is 0.00000109. The molecule has 1 aromatic carbocycles. The van der Waals surface area contributed by atoms with Crippen molar-refractivity contribution in [1.29, 1.82) is 5.26 Å². The summed E-state index contributed by atoms with van der Waals surface area (Å²) < 4.78 is 0. The van der Waals surface area contributed by atoms with Crippen molar-refractivity contribution < 1.29 is 9.59 Å². The van der Waals surface area contributed by atoms with E-state index in [1.54, 1.807) is 11.1 Å². The molecule has 132 valence electrons. The fraction of sp³-hybridized carbons (Fsp3) is 0.421. The minimum Gasteiger partial charge on any atom is -0.360 e. The molecule has 1 atom stereocenters. The van der Waals surface area contributed by atoms with E-state index in [1.165, 1.54) is 0 Å². The standard InChI is InChI=1S/C17H18N4O2.C2H6/c1-11-4-5-15-13(7-11)14(9-19-15)17(23)20-10-16(22)21-6-2-3-12(21)8-18;1-2/h4-5,7,9,12,19H,2-3,6,10H2,1H3,(H,20,23);1-2H3. The maximum Gasteiger partial charge on any atom is 0.253 e. The summed E-state index contributed by atoms with van der Waals surface area (Å²) in [6.07, 6.45) is 3.19. The van der Waals surface area contributed by atoms with Crippen molar-refractivity contribution >= 4 is 22.7 Å². The second-order valence-electron chi connectivity index (χ2n) is 5.81. The zero-order valence-corrected chi connectivity index (χ0v) is 14.9. The Morgan fingerprint density at radius 1 is 1.40 bits per heavy atom. The van der Waals surface area contributed by atoms with Crippen LogP contribution in [-0.4, -0.2) is 40.8 Å². The lowest BCUT2D eigenvalue weighted by atomic mass is 10.1. The first kappa shape index (κ1) is 18.5. The number of benzene rings is 1.